The first-order chi connectivity index (χ1) is 14.6. The highest BCUT2D eigenvalue weighted by Gasteiger charge is 2.30. The largest absolute Gasteiger partial charge is 0.465 e. The Labute approximate surface area is 178 Å². The van der Waals surface area contributed by atoms with Gasteiger partial charge < -0.3 is 4.74 Å². The third-order valence-corrected chi connectivity index (χ3v) is 6.77. The number of aromatic nitrogens is 4. The smallest absolute Gasteiger partial charge is 0.350 e. The lowest BCUT2D eigenvalue weighted by Crippen LogP contribution is -2.10. The Bertz CT molecular complexity index is 1270. The van der Waals surface area contributed by atoms with Gasteiger partial charge in [0.2, 0.25) is 0 Å². The summed E-state index contributed by atoms with van der Waals surface area (Å²) in [5.74, 6) is 0.0318. The zero-order valence-electron chi connectivity index (χ0n) is 17.2. The summed E-state index contributed by atoms with van der Waals surface area (Å²) in [5, 5.41) is 9.62. The van der Waals surface area contributed by atoms with Crippen LogP contribution in [0.5, 0.6) is 0 Å². The monoisotopic (exact) mass is 418 g/mol. The second-order valence-corrected chi connectivity index (χ2v) is 8.71. The summed E-state index contributed by atoms with van der Waals surface area (Å²) in [6.07, 6.45) is 6.60. The number of thiophene rings is 1. The number of rotatable bonds is 4. The molecule has 0 radical (unpaired) electrons. The van der Waals surface area contributed by atoms with Crippen LogP contribution in [0.15, 0.2) is 36.7 Å². The number of methoxy groups -OCH3 is 1. The molecule has 0 saturated carbocycles. The molecular weight excluding hydrogens is 396 g/mol. The van der Waals surface area contributed by atoms with Gasteiger partial charge in [-0.3, -0.25) is 0 Å². The van der Waals surface area contributed by atoms with Crippen LogP contribution < -0.4 is 0 Å². The normalized spacial score (nSPS) is 15.1. The minimum absolute atomic E-state index is 0.383. The van der Waals surface area contributed by atoms with Crippen LogP contribution in [-0.4, -0.2) is 33.1 Å². The van der Waals surface area contributed by atoms with Crippen molar-refractivity contribution in [2.45, 2.75) is 39.0 Å². The molecule has 152 valence electrons. The van der Waals surface area contributed by atoms with E-state index in [2.05, 4.69) is 48.4 Å². The van der Waals surface area contributed by atoms with Gasteiger partial charge in [0.15, 0.2) is 0 Å². The van der Waals surface area contributed by atoms with Gasteiger partial charge in [0, 0.05) is 11.6 Å². The molecule has 30 heavy (non-hydrogen) atoms. The zero-order valence-corrected chi connectivity index (χ0v) is 18.0. The molecule has 6 nitrogen and oxygen atoms in total. The third-order valence-electron chi connectivity index (χ3n) is 5.71. The average Bonchev–Trinajstić information content (AvgIpc) is 3.37. The molecule has 0 spiro atoms. The number of ether oxygens (including phenoxy) is 1. The molecule has 0 amide bonds. The molecule has 1 aromatic carbocycles. The second kappa shape index (κ2) is 7.32. The van der Waals surface area contributed by atoms with Crippen LogP contribution in [0.4, 0.5) is 0 Å². The Hall–Kier alpha value is -3.06. The fourth-order valence-electron chi connectivity index (χ4n) is 4.37. The molecule has 0 aliphatic heterocycles. The molecule has 3 aromatic heterocycles. The Morgan fingerprint density at radius 3 is 2.97 bits per heavy atom. The van der Waals surface area contributed by atoms with Gasteiger partial charge in [-0.2, -0.15) is 0 Å². The standard InChI is InChI=1S/C23H22N4O2S/c1-4-7-15-12-27(26-25-15)20-19-18-14(10-13(2)16-8-5-6-9-17(16)18)11-24-22(19)30-21(20)23(28)29-3/h5-6,8-9,11-13H,4,7,10H2,1-3H3. The number of nitrogens with zero attached hydrogens (tertiary/aromatic N) is 4. The molecule has 3 heterocycles. The summed E-state index contributed by atoms with van der Waals surface area (Å²) in [4.78, 5) is 18.7. The summed E-state index contributed by atoms with van der Waals surface area (Å²) < 4.78 is 6.82. The number of fused-ring (bicyclic) bond motifs is 5. The second-order valence-electron chi connectivity index (χ2n) is 7.71. The van der Waals surface area contributed by atoms with Crippen molar-refractivity contribution in [3.8, 4) is 16.8 Å². The van der Waals surface area contributed by atoms with E-state index in [1.165, 1.54) is 35.1 Å². The minimum Gasteiger partial charge on any atom is -0.465 e. The molecule has 1 aliphatic carbocycles. The molecule has 1 atom stereocenters. The first-order valence-electron chi connectivity index (χ1n) is 10.2. The SMILES string of the molecule is CCCc1cn(-c2c(C(=O)OC)sc3ncc4c(c23)-c2ccccc2C(C)C4)nn1. The molecule has 4 aromatic rings. The van der Waals surface area contributed by atoms with E-state index < -0.39 is 0 Å². The van der Waals surface area contributed by atoms with E-state index in [0.29, 0.717) is 16.5 Å². The van der Waals surface area contributed by atoms with Crippen molar-refractivity contribution in [1.29, 1.82) is 0 Å². The van der Waals surface area contributed by atoms with E-state index in [0.717, 1.165) is 40.7 Å². The molecule has 0 N–H and O–H groups in total. The quantitative estimate of drug-likeness (QED) is 0.439. The molecule has 1 aliphatic rings. The summed E-state index contributed by atoms with van der Waals surface area (Å²) in [6, 6.07) is 8.50. The van der Waals surface area contributed by atoms with Crippen molar-refractivity contribution in [2.24, 2.45) is 0 Å². The van der Waals surface area contributed by atoms with Crippen molar-refractivity contribution in [1.82, 2.24) is 20.0 Å². The first-order valence-corrected chi connectivity index (χ1v) is 11.0. The Morgan fingerprint density at radius 1 is 1.33 bits per heavy atom. The number of pyridine rings is 1. The van der Waals surface area contributed by atoms with Gasteiger partial charge in [-0.1, -0.05) is 49.7 Å². The number of aryl methyl sites for hydroxylation is 1. The van der Waals surface area contributed by atoms with Crippen LogP contribution in [0.3, 0.4) is 0 Å². The van der Waals surface area contributed by atoms with Crippen LogP contribution in [0.1, 0.15) is 52.7 Å². The summed E-state index contributed by atoms with van der Waals surface area (Å²) >= 11 is 1.35. The summed E-state index contributed by atoms with van der Waals surface area (Å²) in [6.45, 7) is 4.35. The number of benzene rings is 1. The van der Waals surface area contributed by atoms with E-state index in [1.807, 2.05) is 12.4 Å². The number of hydrogen-bond donors (Lipinski definition) is 0. The highest BCUT2D eigenvalue weighted by Crippen LogP contribution is 2.46. The molecule has 7 heteroatoms. The Morgan fingerprint density at radius 2 is 2.17 bits per heavy atom. The Balaban J connectivity index is 1.86. The first kappa shape index (κ1) is 18.9. The van der Waals surface area contributed by atoms with Gasteiger partial charge in [0.1, 0.15) is 15.4 Å². The zero-order chi connectivity index (χ0) is 20.8. The van der Waals surface area contributed by atoms with E-state index in [1.54, 1.807) is 4.68 Å². The lowest BCUT2D eigenvalue weighted by molar-refractivity contribution is 0.0606. The van der Waals surface area contributed by atoms with Crippen LogP contribution in [0.25, 0.3) is 27.0 Å². The molecular formula is C23H22N4O2S. The number of esters is 1. The predicted molar refractivity (Wildman–Crippen MR) is 117 cm³/mol. The molecule has 1 unspecified atom stereocenters. The molecule has 0 saturated heterocycles. The highest BCUT2D eigenvalue weighted by atomic mass is 32.1. The lowest BCUT2D eigenvalue weighted by atomic mass is 9.79. The maximum Gasteiger partial charge on any atom is 0.350 e. The van der Waals surface area contributed by atoms with Gasteiger partial charge in [-0.25, -0.2) is 14.5 Å². The maximum atomic E-state index is 12.7. The topological polar surface area (TPSA) is 69.9 Å². The van der Waals surface area contributed by atoms with Crippen LogP contribution in [0, 0.1) is 0 Å². The highest BCUT2D eigenvalue weighted by molar-refractivity contribution is 7.21. The summed E-state index contributed by atoms with van der Waals surface area (Å²) in [7, 11) is 1.40. The van der Waals surface area contributed by atoms with Gasteiger partial charge >= 0.3 is 5.97 Å². The predicted octanol–water partition coefficient (Wildman–Crippen LogP) is 4.94. The number of carbonyl (C=O) groups is 1. The lowest BCUT2D eigenvalue weighted by Gasteiger charge is -2.25. The Kier molecular flexibility index (Phi) is 4.62. The van der Waals surface area contributed by atoms with E-state index in [-0.39, 0.29) is 5.97 Å². The maximum absolute atomic E-state index is 12.7. The van der Waals surface area contributed by atoms with E-state index >= 15 is 0 Å². The molecule has 0 fully saturated rings. The van der Waals surface area contributed by atoms with Gasteiger partial charge in [0.05, 0.1) is 19.0 Å². The van der Waals surface area contributed by atoms with Gasteiger partial charge in [0.25, 0.3) is 0 Å². The summed E-state index contributed by atoms with van der Waals surface area (Å²) in [5.41, 5.74) is 6.47. The van der Waals surface area contributed by atoms with Crippen LogP contribution in [-0.2, 0) is 17.6 Å². The van der Waals surface area contributed by atoms with Gasteiger partial charge in [-0.05, 0) is 41.0 Å². The van der Waals surface area contributed by atoms with Crippen LogP contribution in [0.2, 0.25) is 0 Å². The van der Waals surface area contributed by atoms with Crippen molar-refractivity contribution in [3.05, 3.63) is 58.4 Å². The van der Waals surface area contributed by atoms with Crippen molar-refractivity contribution < 1.29 is 9.53 Å². The van der Waals surface area contributed by atoms with Crippen molar-refractivity contribution >= 4 is 27.5 Å². The fraction of sp³-hybridized carbons (Fsp3) is 0.304. The van der Waals surface area contributed by atoms with Gasteiger partial charge in [-0.15, -0.1) is 16.4 Å². The molecule has 0 bridgehead atoms. The van der Waals surface area contributed by atoms with Crippen molar-refractivity contribution in [2.75, 3.05) is 7.11 Å². The van der Waals surface area contributed by atoms with Crippen molar-refractivity contribution in [3.63, 3.8) is 0 Å². The third kappa shape index (κ3) is 2.84. The average molecular weight is 419 g/mol. The number of hydrogen-bond acceptors (Lipinski definition) is 6. The number of carbonyl (C=O) groups excluding carboxylic acids is 1. The fourth-order valence-corrected chi connectivity index (χ4v) is 5.43. The van der Waals surface area contributed by atoms with E-state index in [4.69, 9.17) is 9.72 Å². The van der Waals surface area contributed by atoms with E-state index in [9.17, 15) is 4.79 Å². The molecule has 5 rings (SSSR count). The minimum atomic E-state index is -0.383. The van der Waals surface area contributed by atoms with Crippen LogP contribution >= 0.6 is 11.3 Å².